The minimum atomic E-state index is -1.09. The molecule has 2 fully saturated rings. The van der Waals surface area contributed by atoms with E-state index in [1.807, 2.05) is 24.3 Å². The van der Waals surface area contributed by atoms with Gasteiger partial charge in [-0.3, -0.25) is 24.0 Å². The van der Waals surface area contributed by atoms with Gasteiger partial charge in [-0.25, -0.2) is 0 Å². The van der Waals surface area contributed by atoms with E-state index in [1.54, 1.807) is 38.3 Å². The topological polar surface area (TPSA) is 167 Å². The summed E-state index contributed by atoms with van der Waals surface area (Å²) < 4.78 is 11.4. The number of benzene rings is 2. The van der Waals surface area contributed by atoms with E-state index in [0.29, 0.717) is 36.8 Å². The number of halogens is 1. The minimum absolute atomic E-state index is 0. The fraction of sp³-hybridized carbons (Fsp3) is 0.575. The monoisotopic (exact) mass is 768 g/mol. The Kier molecular flexibility index (Phi) is 16.0. The van der Waals surface area contributed by atoms with Gasteiger partial charge in [-0.15, -0.1) is 12.4 Å². The van der Waals surface area contributed by atoms with Crippen LogP contribution in [0.15, 0.2) is 48.5 Å². The molecule has 0 spiro atoms. The van der Waals surface area contributed by atoms with Crippen LogP contribution in [0.3, 0.4) is 0 Å². The Hall–Kier alpha value is -4.36. The quantitative estimate of drug-likeness (QED) is 0.243. The molecule has 3 aliphatic heterocycles. The summed E-state index contributed by atoms with van der Waals surface area (Å²) in [4.78, 5) is 70.4. The molecule has 3 heterocycles. The van der Waals surface area contributed by atoms with Crippen molar-refractivity contribution in [1.82, 2.24) is 31.5 Å². The van der Waals surface area contributed by atoms with Gasteiger partial charge in [-0.1, -0.05) is 44.5 Å². The predicted octanol–water partition coefficient (Wildman–Crippen LogP) is 2.68. The SMILES string of the molecule is COc1ccc(C[C@@H]2NC(=O)[C@@H](NC(=O)[C@H]3CCCCN3)Cc3ccc(cc3)OC[C@H](CC(C)C)NC(=O)CN(CC3CC3)C(=O)[C@@H](C)NC2=O)cc1.Cl. The highest BCUT2D eigenvalue weighted by molar-refractivity contribution is 5.95. The lowest BCUT2D eigenvalue weighted by Gasteiger charge is -2.29. The molecule has 6 rings (SSSR count). The van der Waals surface area contributed by atoms with Gasteiger partial charge in [0.15, 0.2) is 0 Å². The second kappa shape index (κ2) is 20.4. The van der Waals surface area contributed by atoms with Crippen LogP contribution in [0.2, 0.25) is 0 Å². The van der Waals surface area contributed by atoms with E-state index < -0.39 is 36.0 Å². The second-order valence-corrected chi connectivity index (χ2v) is 15.1. The summed E-state index contributed by atoms with van der Waals surface area (Å²) in [5.41, 5.74) is 1.53. The fourth-order valence-corrected chi connectivity index (χ4v) is 6.87. The summed E-state index contributed by atoms with van der Waals surface area (Å²) in [7, 11) is 1.56. The fourth-order valence-electron chi connectivity index (χ4n) is 6.87. The second-order valence-electron chi connectivity index (χ2n) is 15.1. The molecule has 54 heavy (non-hydrogen) atoms. The number of hydrogen-bond acceptors (Lipinski definition) is 8. The van der Waals surface area contributed by atoms with Gasteiger partial charge in [0, 0.05) is 19.4 Å². The zero-order chi connectivity index (χ0) is 37.9. The summed E-state index contributed by atoms with van der Waals surface area (Å²) in [5.74, 6) is -0.216. The van der Waals surface area contributed by atoms with Crippen LogP contribution in [0.25, 0.3) is 0 Å². The molecule has 2 aromatic rings. The number of hydrogen-bond donors (Lipinski definition) is 5. The van der Waals surface area contributed by atoms with Crippen LogP contribution in [0.5, 0.6) is 11.5 Å². The van der Waals surface area contributed by atoms with E-state index in [0.717, 1.165) is 43.4 Å². The van der Waals surface area contributed by atoms with Crippen molar-refractivity contribution in [3.63, 3.8) is 0 Å². The molecule has 5 N–H and O–H groups in total. The van der Waals surface area contributed by atoms with E-state index in [9.17, 15) is 24.0 Å². The maximum absolute atomic E-state index is 14.2. The van der Waals surface area contributed by atoms with Gasteiger partial charge in [0.25, 0.3) is 0 Å². The summed E-state index contributed by atoms with van der Waals surface area (Å²) in [6.07, 6.45) is 5.45. The van der Waals surface area contributed by atoms with Crippen molar-refractivity contribution in [1.29, 1.82) is 0 Å². The maximum Gasteiger partial charge on any atom is 0.245 e. The van der Waals surface area contributed by atoms with E-state index in [2.05, 4.69) is 40.4 Å². The number of ether oxygens (including phenoxy) is 2. The smallest absolute Gasteiger partial charge is 0.245 e. The molecule has 5 atom stereocenters. The number of carbonyl (C=O) groups excluding carboxylic acids is 5. The number of fused-ring (bicyclic) bond motifs is 17. The number of amides is 5. The van der Waals surface area contributed by atoms with Crippen LogP contribution in [0.4, 0.5) is 0 Å². The van der Waals surface area contributed by atoms with Crippen molar-refractivity contribution in [3.8, 4) is 11.5 Å². The molecule has 1 saturated carbocycles. The van der Waals surface area contributed by atoms with Gasteiger partial charge >= 0.3 is 0 Å². The lowest BCUT2D eigenvalue weighted by molar-refractivity contribution is -0.140. The zero-order valence-corrected chi connectivity index (χ0v) is 32.7. The Labute approximate surface area is 324 Å². The first-order valence-electron chi connectivity index (χ1n) is 19.0. The molecule has 14 heteroatoms. The highest BCUT2D eigenvalue weighted by Gasteiger charge is 2.34. The normalized spacial score (nSPS) is 24.7. The highest BCUT2D eigenvalue weighted by Crippen LogP contribution is 2.30. The molecule has 2 bridgehead atoms. The molecule has 1 aliphatic carbocycles. The third-order valence-electron chi connectivity index (χ3n) is 9.98. The summed E-state index contributed by atoms with van der Waals surface area (Å²) >= 11 is 0. The molecular formula is C40H57ClN6O7. The third-order valence-corrected chi connectivity index (χ3v) is 9.98. The van der Waals surface area contributed by atoms with Gasteiger partial charge in [0.1, 0.15) is 36.2 Å². The number of methoxy groups -OCH3 is 1. The third kappa shape index (κ3) is 12.9. The summed E-state index contributed by atoms with van der Waals surface area (Å²) in [6, 6.07) is 10.7. The van der Waals surface area contributed by atoms with E-state index in [4.69, 9.17) is 9.47 Å². The van der Waals surface area contributed by atoms with Gasteiger partial charge in [-0.05, 0) is 92.8 Å². The molecule has 0 aromatic heterocycles. The van der Waals surface area contributed by atoms with Crippen molar-refractivity contribution in [3.05, 3.63) is 59.7 Å². The van der Waals surface area contributed by atoms with Crippen molar-refractivity contribution in [2.75, 3.05) is 33.4 Å². The van der Waals surface area contributed by atoms with Gasteiger partial charge in [-0.2, -0.15) is 0 Å². The van der Waals surface area contributed by atoms with Crippen LogP contribution < -0.4 is 36.1 Å². The number of rotatable bonds is 9. The van der Waals surface area contributed by atoms with Crippen LogP contribution in [-0.2, 0) is 36.8 Å². The summed E-state index contributed by atoms with van der Waals surface area (Å²) in [5, 5.41) is 15.0. The lowest BCUT2D eigenvalue weighted by Crippen LogP contribution is -2.59. The molecule has 1 saturated heterocycles. The average Bonchev–Trinajstić information content (AvgIpc) is 3.97. The Morgan fingerprint density at radius 1 is 0.944 bits per heavy atom. The Morgan fingerprint density at radius 2 is 1.67 bits per heavy atom. The molecular weight excluding hydrogens is 712 g/mol. The van der Waals surface area contributed by atoms with Crippen molar-refractivity contribution < 1.29 is 33.4 Å². The number of nitrogens with one attached hydrogen (secondary N) is 5. The minimum Gasteiger partial charge on any atom is -0.497 e. The molecule has 2 aromatic carbocycles. The number of piperidine rings is 1. The van der Waals surface area contributed by atoms with Gasteiger partial charge < -0.3 is 41.0 Å². The van der Waals surface area contributed by atoms with Crippen LogP contribution >= 0.6 is 12.4 Å². The lowest BCUT2D eigenvalue weighted by atomic mass is 10.0. The van der Waals surface area contributed by atoms with E-state index in [-0.39, 0.29) is 68.1 Å². The average molecular weight is 769 g/mol. The molecule has 0 unspecified atom stereocenters. The predicted molar refractivity (Wildman–Crippen MR) is 207 cm³/mol. The highest BCUT2D eigenvalue weighted by atomic mass is 35.5. The zero-order valence-electron chi connectivity index (χ0n) is 31.9. The van der Waals surface area contributed by atoms with E-state index >= 15 is 0 Å². The maximum atomic E-state index is 14.2. The first-order valence-corrected chi connectivity index (χ1v) is 19.0. The van der Waals surface area contributed by atoms with Crippen LogP contribution in [0.1, 0.15) is 70.4 Å². The number of nitrogens with zero attached hydrogens (tertiary/aromatic N) is 1. The number of carbonyl (C=O) groups is 5. The molecule has 0 radical (unpaired) electrons. The Morgan fingerprint density at radius 3 is 2.30 bits per heavy atom. The standard InChI is InChI=1S/C40H56N6O7.ClH/c1-25(2)19-30-24-53-32-16-12-28(13-17-32)21-35(44-37(48)33-7-5-6-18-41-33)39(50)45-34(20-27-10-14-31(52-4)15-11-27)38(49)42-26(3)40(51)46(22-29-8-9-29)23-36(47)43-30;/h10-17,25-26,29-30,33-35,41H,5-9,18-24H2,1-4H3,(H,42,49)(H,43,47)(H,44,48)(H,45,50);1H/t26-,30+,33-,34+,35+;/m1./s1. The molecule has 296 valence electrons. The van der Waals surface area contributed by atoms with Gasteiger partial charge in [0.05, 0.1) is 25.7 Å². The Bertz CT molecular complexity index is 1560. The first kappa shape index (κ1) is 42.4. The van der Waals surface area contributed by atoms with E-state index in [1.165, 1.54) is 4.90 Å². The molecule has 13 nitrogen and oxygen atoms in total. The van der Waals surface area contributed by atoms with Crippen LogP contribution in [-0.4, -0.2) is 98.0 Å². The van der Waals surface area contributed by atoms with Crippen molar-refractivity contribution in [2.45, 2.75) is 102 Å². The summed E-state index contributed by atoms with van der Waals surface area (Å²) in [6.45, 7) is 6.95. The van der Waals surface area contributed by atoms with Crippen LogP contribution in [0, 0.1) is 11.8 Å². The van der Waals surface area contributed by atoms with Crippen molar-refractivity contribution >= 4 is 41.9 Å². The molecule has 5 amide bonds. The van der Waals surface area contributed by atoms with Crippen molar-refractivity contribution in [2.24, 2.45) is 11.8 Å². The van der Waals surface area contributed by atoms with Gasteiger partial charge in [0.2, 0.25) is 29.5 Å². The Balaban J connectivity index is 0.00000650. The molecule has 4 aliphatic rings. The first-order chi connectivity index (χ1) is 25.5. The largest absolute Gasteiger partial charge is 0.497 e.